The van der Waals surface area contributed by atoms with Crippen molar-refractivity contribution >= 4 is 34.2 Å². The van der Waals surface area contributed by atoms with Crippen LogP contribution in [0.2, 0.25) is 0 Å². The van der Waals surface area contributed by atoms with E-state index in [1.807, 2.05) is 11.8 Å². The van der Waals surface area contributed by atoms with Crippen LogP contribution in [0.3, 0.4) is 0 Å². The number of thioether (sulfide) groups is 1. The number of aliphatic carboxylic acids is 1. The van der Waals surface area contributed by atoms with Gasteiger partial charge in [-0.25, -0.2) is 4.98 Å². The highest BCUT2D eigenvalue weighted by molar-refractivity contribution is 7.99. The number of aryl methyl sites for hydroxylation is 1. The number of carboxylic acids is 1. The standard InChI is InChI=1S/C13H18N2O2S2/c1-15(8-5-6-18-7-8)13-14-11-9(12(16)17)3-2-4-10(11)19-13/h8-9H,2-7H2,1H3,(H,16,17). The number of aromatic nitrogens is 1. The number of anilines is 1. The highest BCUT2D eigenvalue weighted by Crippen LogP contribution is 2.39. The van der Waals surface area contributed by atoms with Crippen LogP contribution in [0, 0.1) is 0 Å². The smallest absolute Gasteiger partial charge is 0.312 e. The van der Waals surface area contributed by atoms with Gasteiger partial charge in [-0.1, -0.05) is 0 Å². The molecular formula is C13H18N2O2S2. The number of rotatable bonds is 3. The number of hydrogen-bond donors (Lipinski definition) is 1. The van der Waals surface area contributed by atoms with Gasteiger partial charge in [0.05, 0.1) is 5.69 Å². The minimum absolute atomic E-state index is 0.389. The summed E-state index contributed by atoms with van der Waals surface area (Å²) in [6.45, 7) is 0. The minimum atomic E-state index is -0.725. The van der Waals surface area contributed by atoms with E-state index in [0.717, 1.165) is 35.8 Å². The van der Waals surface area contributed by atoms with Gasteiger partial charge in [0.25, 0.3) is 0 Å². The first-order valence-corrected chi connectivity index (χ1v) is 8.67. The zero-order valence-corrected chi connectivity index (χ0v) is 12.6. The topological polar surface area (TPSA) is 53.4 Å². The maximum absolute atomic E-state index is 11.3. The fourth-order valence-corrected chi connectivity index (χ4v) is 5.24. The van der Waals surface area contributed by atoms with Crippen LogP contribution in [-0.4, -0.2) is 40.7 Å². The molecule has 104 valence electrons. The van der Waals surface area contributed by atoms with Crippen LogP contribution in [0.25, 0.3) is 0 Å². The summed E-state index contributed by atoms with van der Waals surface area (Å²) in [6, 6.07) is 0.556. The second kappa shape index (κ2) is 5.32. The Hall–Kier alpha value is -0.750. The second-order valence-corrected chi connectivity index (χ2v) is 7.43. The zero-order valence-electron chi connectivity index (χ0n) is 11.0. The fourth-order valence-electron chi connectivity index (χ4n) is 2.78. The third kappa shape index (κ3) is 2.48. The summed E-state index contributed by atoms with van der Waals surface area (Å²) in [5.41, 5.74) is 0.830. The lowest BCUT2D eigenvalue weighted by Gasteiger charge is -2.22. The number of carboxylic acid groups (broad SMARTS) is 1. The van der Waals surface area contributed by atoms with Crippen LogP contribution in [0.1, 0.15) is 35.8 Å². The number of hydrogen-bond acceptors (Lipinski definition) is 5. The Kier molecular flexibility index (Phi) is 3.71. The monoisotopic (exact) mass is 298 g/mol. The molecule has 0 bridgehead atoms. The molecular weight excluding hydrogens is 280 g/mol. The summed E-state index contributed by atoms with van der Waals surface area (Å²) in [6.07, 6.45) is 3.89. The highest BCUT2D eigenvalue weighted by Gasteiger charge is 2.31. The average Bonchev–Trinajstić information content (AvgIpc) is 3.06. The zero-order chi connectivity index (χ0) is 13.4. The van der Waals surface area contributed by atoms with Gasteiger partial charge in [-0.15, -0.1) is 11.3 Å². The van der Waals surface area contributed by atoms with E-state index in [-0.39, 0.29) is 5.92 Å². The maximum atomic E-state index is 11.3. The second-order valence-electron chi connectivity index (χ2n) is 5.22. The highest BCUT2D eigenvalue weighted by atomic mass is 32.2. The Morgan fingerprint density at radius 2 is 2.32 bits per heavy atom. The average molecular weight is 298 g/mol. The molecule has 0 saturated carbocycles. The number of carbonyl (C=O) groups is 1. The molecule has 1 saturated heterocycles. The molecule has 0 radical (unpaired) electrons. The molecule has 19 heavy (non-hydrogen) atoms. The molecule has 2 atom stereocenters. The van der Waals surface area contributed by atoms with E-state index in [4.69, 9.17) is 0 Å². The Balaban J connectivity index is 1.86. The van der Waals surface area contributed by atoms with Crippen LogP contribution in [0.4, 0.5) is 5.13 Å². The maximum Gasteiger partial charge on any atom is 0.312 e. The van der Waals surface area contributed by atoms with Crippen LogP contribution < -0.4 is 4.90 Å². The Morgan fingerprint density at radius 1 is 1.47 bits per heavy atom. The van der Waals surface area contributed by atoms with Crippen molar-refractivity contribution in [1.29, 1.82) is 0 Å². The van der Waals surface area contributed by atoms with Crippen molar-refractivity contribution in [2.24, 2.45) is 0 Å². The van der Waals surface area contributed by atoms with Gasteiger partial charge in [0.15, 0.2) is 5.13 Å². The molecule has 1 aliphatic carbocycles. The molecule has 0 amide bonds. The Bertz CT molecular complexity index is 483. The molecule has 1 fully saturated rings. The molecule has 1 N–H and O–H groups in total. The molecule has 1 aromatic rings. The minimum Gasteiger partial charge on any atom is -0.481 e. The van der Waals surface area contributed by atoms with Crippen LogP contribution in [0.5, 0.6) is 0 Å². The molecule has 2 aliphatic rings. The largest absolute Gasteiger partial charge is 0.481 e. The molecule has 4 nitrogen and oxygen atoms in total. The van der Waals surface area contributed by atoms with Gasteiger partial charge in [0, 0.05) is 23.7 Å². The number of fused-ring (bicyclic) bond motifs is 1. The van der Waals surface area contributed by atoms with Gasteiger partial charge in [-0.3, -0.25) is 4.79 Å². The summed E-state index contributed by atoms with van der Waals surface area (Å²) in [4.78, 5) is 19.4. The van der Waals surface area contributed by atoms with Crippen LogP contribution in [0.15, 0.2) is 0 Å². The quantitative estimate of drug-likeness (QED) is 0.929. The summed E-state index contributed by atoms with van der Waals surface area (Å²) < 4.78 is 0. The molecule has 1 aliphatic heterocycles. The van der Waals surface area contributed by atoms with E-state index in [1.54, 1.807) is 11.3 Å². The van der Waals surface area contributed by atoms with Crippen molar-refractivity contribution < 1.29 is 9.90 Å². The van der Waals surface area contributed by atoms with E-state index in [0.29, 0.717) is 6.04 Å². The molecule has 2 unspecified atom stereocenters. The Morgan fingerprint density at radius 3 is 3.00 bits per heavy atom. The molecule has 1 aromatic heterocycles. The van der Waals surface area contributed by atoms with Gasteiger partial charge in [0.1, 0.15) is 5.92 Å². The van der Waals surface area contributed by atoms with E-state index >= 15 is 0 Å². The van der Waals surface area contributed by atoms with Crippen molar-refractivity contribution in [3.63, 3.8) is 0 Å². The molecule has 6 heteroatoms. The summed E-state index contributed by atoms with van der Waals surface area (Å²) in [5, 5.41) is 10.3. The fraction of sp³-hybridized carbons (Fsp3) is 0.692. The molecule has 2 heterocycles. The first-order valence-electron chi connectivity index (χ1n) is 6.70. The predicted octanol–water partition coefficient (Wildman–Crippen LogP) is 2.59. The van der Waals surface area contributed by atoms with Gasteiger partial charge in [0.2, 0.25) is 0 Å². The predicted molar refractivity (Wildman–Crippen MR) is 79.6 cm³/mol. The normalized spacial score (nSPS) is 26.2. The van der Waals surface area contributed by atoms with Crippen molar-refractivity contribution in [1.82, 2.24) is 4.98 Å². The van der Waals surface area contributed by atoms with E-state index in [1.165, 1.54) is 17.1 Å². The summed E-state index contributed by atoms with van der Waals surface area (Å²) in [7, 11) is 2.09. The molecule has 0 spiro atoms. The van der Waals surface area contributed by atoms with Crippen molar-refractivity contribution in [2.75, 3.05) is 23.5 Å². The number of thiazole rings is 1. The van der Waals surface area contributed by atoms with Crippen molar-refractivity contribution in [3.05, 3.63) is 10.6 Å². The lowest BCUT2D eigenvalue weighted by molar-refractivity contribution is -0.139. The molecule has 3 rings (SSSR count). The Labute approximate surface area is 121 Å². The summed E-state index contributed by atoms with van der Waals surface area (Å²) in [5.74, 6) is 1.26. The summed E-state index contributed by atoms with van der Waals surface area (Å²) >= 11 is 3.68. The third-order valence-electron chi connectivity index (χ3n) is 4.00. The third-order valence-corrected chi connectivity index (χ3v) is 6.36. The lowest BCUT2D eigenvalue weighted by Crippen LogP contribution is -2.31. The first-order chi connectivity index (χ1) is 9.16. The lowest BCUT2D eigenvalue weighted by atomic mass is 9.91. The van der Waals surface area contributed by atoms with E-state index in [9.17, 15) is 9.90 Å². The van der Waals surface area contributed by atoms with Gasteiger partial charge in [-0.05, 0) is 31.4 Å². The van der Waals surface area contributed by atoms with Crippen molar-refractivity contribution in [2.45, 2.75) is 37.6 Å². The van der Waals surface area contributed by atoms with Crippen LogP contribution >= 0.6 is 23.1 Å². The SMILES string of the molecule is CN(c1nc2c(s1)CCCC2C(=O)O)C1CCSC1. The van der Waals surface area contributed by atoms with E-state index in [2.05, 4.69) is 16.9 Å². The first kappa shape index (κ1) is 13.2. The van der Waals surface area contributed by atoms with Gasteiger partial charge < -0.3 is 10.0 Å². The van der Waals surface area contributed by atoms with E-state index < -0.39 is 5.97 Å². The van der Waals surface area contributed by atoms with Crippen molar-refractivity contribution in [3.8, 4) is 0 Å². The van der Waals surface area contributed by atoms with Crippen LogP contribution in [-0.2, 0) is 11.2 Å². The van der Waals surface area contributed by atoms with Gasteiger partial charge in [-0.2, -0.15) is 11.8 Å². The molecule has 0 aromatic carbocycles. The van der Waals surface area contributed by atoms with Gasteiger partial charge >= 0.3 is 5.97 Å². The number of nitrogens with zero attached hydrogens (tertiary/aromatic N) is 2.